The molecule has 0 radical (unpaired) electrons. The fourth-order valence-corrected chi connectivity index (χ4v) is 3.93. The van der Waals surface area contributed by atoms with Crippen molar-refractivity contribution in [2.75, 3.05) is 35.2 Å². The minimum Gasteiger partial charge on any atom is -0.397 e. The van der Waals surface area contributed by atoms with Gasteiger partial charge in [-0.3, -0.25) is 0 Å². The summed E-state index contributed by atoms with van der Waals surface area (Å²) < 4.78 is 1.19. The van der Waals surface area contributed by atoms with Gasteiger partial charge in [0.15, 0.2) is 0 Å². The van der Waals surface area contributed by atoms with Crippen molar-refractivity contribution in [3.8, 4) is 0 Å². The van der Waals surface area contributed by atoms with E-state index in [4.69, 9.17) is 5.73 Å². The second kappa shape index (κ2) is 4.38. The molecule has 1 aliphatic rings. The van der Waals surface area contributed by atoms with Gasteiger partial charge in [0.05, 0.1) is 26.6 Å². The molecular weight excluding hydrogens is 250 g/mol. The van der Waals surface area contributed by atoms with E-state index in [2.05, 4.69) is 22.0 Å². The van der Waals surface area contributed by atoms with Gasteiger partial charge in [0, 0.05) is 24.6 Å². The number of fused-ring (bicyclic) bond motifs is 1. The van der Waals surface area contributed by atoms with Gasteiger partial charge >= 0.3 is 0 Å². The molecule has 3 rings (SSSR count). The molecule has 1 aliphatic heterocycles. The highest BCUT2D eigenvalue weighted by Gasteiger charge is 2.15. The summed E-state index contributed by atoms with van der Waals surface area (Å²) in [4.78, 5) is 6.92. The van der Waals surface area contributed by atoms with Crippen molar-refractivity contribution in [3.63, 3.8) is 0 Å². The predicted octanol–water partition coefficient (Wildman–Crippen LogP) is 2.74. The first kappa shape index (κ1) is 11.2. The lowest BCUT2D eigenvalue weighted by atomic mass is 10.2. The fraction of sp³-hybridized carbons (Fsp3) is 0.417. The van der Waals surface area contributed by atoms with Crippen LogP contribution in [0.15, 0.2) is 12.1 Å². The SMILES string of the molecule is Cc1nc2cc(N3CCSCC3)c(N)cc2s1. The molecule has 3 nitrogen and oxygen atoms in total. The number of hydrogen-bond donors (Lipinski definition) is 1. The molecule has 0 unspecified atom stereocenters. The van der Waals surface area contributed by atoms with E-state index in [0.29, 0.717) is 0 Å². The average Bonchev–Trinajstić information content (AvgIpc) is 2.68. The van der Waals surface area contributed by atoms with Crippen LogP contribution in [0.4, 0.5) is 11.4 Å². The number of thiazole rings is 1. The highest BCUT2D eigenvalue weighted by atomic mass is 32.2. The minimum absolute atomic E-state index is 0.882. The molecule has 0 spiro atoms. The zero-order valence-electron chi connectivity index (χ0n) is 9.77. The number of rotatable bonds is 1. The molecule has 1 fully saturated rings. The number of thioether (sulfide) groups is 1. The molecule has 17 heavy (non-hydrogen) atoms. The second-order valence-electron chi connectivity index (χ2n) is 4.21. The van der Waals surface area contributed by atoms with Crippen molar-refractivity contribution < 1.29 is 0 Å². The Bertz CT molecular complexity index is 544. The number of nitrogens with two attached hydrogens (primary N) is 1. The molecule has 0 bridgehead atoms. The summed E-state index contributed by atoms with van der Waals surface area (Å²) in [5, 5.41) is 1.10. The van der Waals surface area contributed by atoms with Crippen molar-refractivity contribution in [2.45, 2.75) is 6.92 Å². The van der Waals surface area contributed by atoms with Crippen LogP contribution in [-0.4, -0.2) is 29.6 Å². The maximum absolute atomic E-state index is 6.16. The Morgan fingerprint density at radius 1 is 1.29 bits per heavy atom. The van der Waals surface area contributed by atoms with E-state index in [1.54, 1.807) is 11.3 Å². The quantitative estimate of drug-likeness (QED) is 0.805. The van der Waals surface area contributed by atoms with E-state index in [1.165, 1.54) is 16.2 Å². The van der Waals surface area contributed by atoms with Gasteiger partial charge < -0.3 is 10.6 Å². The molecule has 0 aliphatic carbocycles. The fourth-order valence-electron chi connectivity index (χ4n) is 2.17. The normalized spacial score (nSPS) is 16.6. The van der Waals surface area contributed by atoms with Crippen LogP contribution in [0.2, 0.25) is 0 Å². The van der Waals surface area contributed by atoms with Crippen LogP contribution in [0.5, 0.6) is 0 Å². The Hall–Kier alpha value is -0.940. The van der Waals surface area contributed by atoms with Crippen molar-refractivity contribution in [1.29, 1.82) is 0 Å². The number of aryl methyl sites for hydroxylation is 1. The van der Waals surface area contributed by atoms with Gasteiger partial charge in [-0.05, 0) is 19.1 Å². The van der Waals surface area contributed by atoms with Crippen molar-refractivity contribution in [1.82, 2.24) is 4.98 Å². The number of benzene rings is 1. The van der Waals surface area contributed by atoms with Gasteiger partial charge in [0.2, 0.25) is 0 Å². The van der Waals surface area contributed by atoms with Gasteiger partial charge in [-0.2, -0.15) is 11.8 Å². The largest absolute Gasteiger partial charge is 0.397 e. The van der Waals surface area contributed by atoms with Crippen LogP contribution in [0.3, 0.4) is 0 Å². The van der Waals surface area contributed by atoms with E-state index < -0.39 is 0 Å². The molecule has 2 heterocycles. The number of nitrogens with zero attached hydrogens (tertiary/aromatic N) is 2. The number of nitrogen functional groups attached to an aromatic ring is 1. The van der Waals surface area contributed by atoms with Gasteiger partial charge in [0.1, 0.15) is 0 Å². The summed E-state index contributed by atoms with van der Waals surface area (Å²) in [6.07, 6.45) is 0. The highest BCUT2D eigenvalue weighted by molar-refractivity contribution is 7.99. The van der Waals surface area contributed by atoms with Crippen molar-refractivity contribution in [3.05, 3.63) is 17.1 Å². The van der Waals surface area contributed by atoms with Crippen LogP contribution < -0.4 is 10.6 Å². The van der Waals surface area contributed by atoms with E-state index >= 15 is 0 Å². The topological polar surface area (TPSA) is 42.2 Å². The van der Waals surface area contributed by atoms with Crippen molar-refractivity contribution >= 4 is 44.7 Å². The molecule has 0 atom stereocenters. The van der Waals surface area contributed by atoms with Crippen LogP contribution >= 0.6 is 23.1 Å². The summed E-state index contributed by atoms with van der Waals surface area (Å²) in [7, 11) is 0. The van der Waals surface area contributed by atoms with Crippen LogP contribution in [-0.2, 0) is 0 Å². The number of anilines is 2. The van der Waals surface area contributed by atoms with Gasteiger partial charge in [-0.1, -0.05) is 0 Å². The average molecular weight is 265 g/mol. The Balaban J connectivity index is 2.05. The second-order valence-corrected chi connectivity index (χ2v) is 6.67. The Labute approximate surface area is 109 Å². The summed E-state index contributed by atoms with van der Waals surface area (Å²) in [6, 6.07) is 4.21. The van der Waals surface area contributed by atoms with E-state index in [0.717, 1.165) is 35.0 Å². The minimum atomic E-state index is 0.882. The molecule has 2 aromatic rings. The zero-order valence-corrected chi connectivity index (χ0v) is 11.4. The highest BCUT2D eigenvalue weighted by Crippen LogP contribution is 2.33. The standard InChI is InChI=1S/C12H15N3S2/c1-8-14-10-7-11(9(13)6-12(10)17-8)15-2-4-16-5-3-15/h6-7H,2-5,13H2,1H3. The maximum Gasteiger partial charge on any atom is 0.0907 e. The Morgan fingerprint density at radius 3 is 2.82 bits per heavy atom. The molecule has 2 N–H and O–H groups in total. The lowest BCUT2D eigenvalue weighted by Crippen LogP contribution is -2.32. The first-order valence-corrected chi connectivity index (χ1v) is 7.70. The van der Waals surface area contributed by atoms with Crippen molar-refractivity contribution in [2.24, 2.45) is 0 Å². The van der Waals surface area contributed by atoms with Crippen LogP contribution in [0.1, 0.15) is 5.01 Å². The Morgan fingerprint density at radius 2 is 2.06 bits per heavy atom. The van der Waals surface area contributed by atoms with Gasteiger partial charge in [-0.15, -0.1) is 11.3 Å². The monoisotopic (exact) mass is 265 g/mol. The molecule has 90 valence electrons. The molecule has 5 heteroatoms. The van der Waals surface area contributed by atoms with Crippen LogP contribution in [0, 0.1) is 6.92 Å². The first-order valence-electron chi connectivity index (χ1n) is 5.73. The third-order valence-corrected chi connectivity index (χ3v) is 4.87. The molecule has 1 aromatic carbocycles. The predicted molar refractivity (Wildman–Crippen MR) is 78.3 cm³/mol. The lowest BCUT2D eigenvalue weighted by molar-refractivity contribution is 0.861. The zero-order chi connectivity index (χ0) is 11.8. The third kappa shape index (κ3) is 2.09. The molecule has 0 saturated carbocycles. The summed E-state index contributed by atoms with van der Waals surface area (Å²) >= 11 is 3.72. The summed E-state index contributed by atoms with van der Waals surface area (Å²) in [5.74, 6) is 2.38. The van der Waals surface area contributed by atoms with E-state index in [9.17, 15) is 0 Å². The number of aromatic nitrogens is 1. The maximum atomic E-state index is 6.16. The smallest absolute Gasteiger partial charge is 0.0907 e. The van der Waals surface area contributed by atoms with Gasteiger partial charge in [0.25, 0.3) is 0 Å². The first-order chi connectivity index (χ1) is 8.24. The third-order valence-electron chi connectivity index (χ3n) is 3.00. The van der Waals surface area contributed by atoms with Crippen LogP contribution in [0.25, 0.3) is 10.2 Å². The number of hydrogen-bond acceptors (Lipinski definition) is 5. The Kier molecular flexibility index (Phi) is 2.88. The van der Waals surface area contributed by atoms with E-state index in [-0.39, 0.29) is 0 Å². The summed E-state index contributed by atoms with van der Waals surface area (Å²) in [6.45, 7) is 4.21. The molecule has 0 amide bonds. The summed E-state index contributed by atoms with van der Waals surface area (Å²) in [5.41, 5.74) is 9.27. The van der Waals surface area contributed by atoms with E-state index in [1.807, 2.05) is 18.7 Å². The molecule has 1 aromatic heterocycles. The lowest BCUT2D eigenvalue weighted by Gasteiger charge is -2.29. The molecule has 1 saturated heterocycles. The molecular formula is C12H15N3S2. The van der Waals surface area contributed by atoms with Gasteiger partial charge in [-0.25, -0.2) is 4.98 Å².